The first kappa shape index (κ1) is 14.5. The number of hydrogen-bond donors (Lipinski definition) is 0. The first-order valence-electron chi connectivity index (χ1n) is 7.97. The normalized spacial score (nSPS) is 22.2. The van der Waals surface area contributed by atoms with E-state index in [1.54, 1.807) is 23.1 Å². The molecule has 2 aliphatic rings. The maximum atomic E-state index is 12.1. The van der Waals surface area contributed by atoms with Gasteiger partial charge in [-0.05, 0) is 37.1 Å². The third-order valence-electron chi connectivity index (χ3n) is 4.31. The van der Waals surface area contributed by atoms with E-state index in [-0.39, 0.29) is 5.25 Å². The summed E-state index contributed by atoms with van der Waals surface area (Å²) in [6, 6.07) is 4.77. The van der Waals surface area contributed by atoms with E-state index in [0.717, 1.165) is 43.1 Å². The Hall–Kier alpha value is -1.14. The lowest BCUT2D eigenvalue weighted by Gasteiger charge is -2.19. The fourth-order valence-corrected chi connectivity index (χ4v) is 4.93. The number of carbonyl (C=O) groups is 1. The zero-order valence-corrected chi connectivity index (χ0v) is 14.0. The van der Waals surface area contributed by atoms with E-state index in [1.165, 1.54) is 17.7 Å². The Morgan fingerprint density at radius 2 is 2.18 bits per heavy atom. The van der Waals surface area contributed by atoms with Crippen LogP contribution < -0.4 is 0 Å². The minimum atomic E-state index is 0.0880. The molecule has 2 aliphatic carbocycles. The van der Waals surface area contributed by atoms with Crippen LogP contribution in [0.25, 0.3) is 0 Å². The van der Waals surface area contributed by atoms with E-state index in [0.29, 0.717) is 11.8 Å². The molecular formula is C16H19N3OS2. The van der Waals surface area contributed by atoms with Gasteiger partial charge in [-0.3, -0.25) is 4.79 Å². The predicted octanol–water partition coefficient (Wildman–Crippen LogP) is 3.87. The maximum absolute atomic E-state index is 12.1. The van der Waals surface area contributed by atoms with Crippen molar-refractivity contribution in [2.75, 3.05) is 0 Å². The van der Waals surface area contributed by atoms with E-state index in [2.05, 4.69) is 32.3 Å². The Balaban J connectivity index is 1.57. The number of carbonyl (C=O) groups excluding carboxylic acids is 1. The standard InChI is InChI=1S/C16H19N3OS2/c20-13-5-1-2-6-14(13)22-16-18-17-15(19(16)11-7-8-11)10-12-4-3-9-21-12/h3-4,9,11,14H,1-2,5-8,10H2/t14-/m1/s1. The van der Waals surface area contributed by atoms with E-state index >= 15 is 0 Å². The van der Waals surface area contributed by atoms with Gasteiger partial charge in [-0.1, -0.05) is 24.2 Å². The lowest BCUT2D eigenvalue weighted by molar-refractivity contribution is -0.119. The third-order valence-corrected chi connectivity index (χ3v) is 6.45. The Bertz CT molecular complexity index is 661. The van der Waals surface area contributed by atoms with Crippen LogP contribution in [0.1, 0.15) is 55.3 Å². The van der Waals surface area contributed by atoms with Gasteiger partial charge in [0.1, 0.15) is 11.6 Å². The Labute approximate surface area is 138 Å². The molecule has 0 bridgehead atoms. The number of hydrogen-bond acceptors (Lipinski definition) is 5. The number of thioether (sulfide) groups is 1. The molecule has 2 aromatic heterocycles. The zero-order chi connectivity index (χ0) is 14.9. The third kappa shape index (κ3) is 2.99. The van der Waals surface area contributed by atoms with Gasteiger partial charge in [0.15, 0.2) is 5.16 Å². The molecule has 0 aromatic carbocycles. The second kappa shape index (κ2) is 6.16. The van der Waals surface area contributed by atoms with Crippen molar-refractivity contribution in [3.63, 3.8) is 0 Å². The van der Waals surface area contributed by atoms with Gasteiger partial charge in [-0.15, -0.1) is 21.5 Å². The molecule has 6 heteroatoms. The van der Waals surface area contributed by atoms with Crippen LogP contribution in [0.5, 0.6) is 0 Å². The second-order valence-corrected chi connectivity index (χ2v) is 8.28. The van der Waals surface area contributed by atoms with E-state index in [4.69, 9.17) is 0 Å². The first-order chi connectivity index (χ1) is 10.8. The van der Waals surface area contributed by atoms with Gasteiger partial charge in [0, 0.05) is 23.8 Å². The van der Waals surface area contributed by atoms with Crippen molar-refractivity contribution in [1.29, 1.82) is 0 Å². The van der Waals surface area contributed by atoms with Gasteiger partial charge in [0.25, 0.3) is 0 Å². The number of nitrogens with zero attached hydrogens (tertiary/aromatic N) is 3. The summed E-state index contributed by atoms with van der Waals surface area (Å²) >= 11 is 3.41. The quantitative estimate of drug-likeness (QED) is 0.833. The lowest BCUT2D eigenvalue weighted by Crippen LogP contribution is -2.22. The fourth-order valence-electron chi connectivity index (χ4n) is 2.98. The van der Waals surface area contributed by atoms with E-state index < -0.39 is 0 Å². The molecule has 0 spiro atoms. The van der Waals surface area contributed by atoms with Gasteiger partial charge in [-0.25, -0.2) is 0 Å². The van der Waals surface area contributed by atoms with Crippen LogP contribution in [0.3, 0.4) is 0 Å². The summed E-state index contributed by atoms with van der Waals surface area (Å²) in [5.74, 6) is 1.44. The van der Waals surface area contributed by atoms with E-state index in [1.807, 2.05) is 0 Å². The lowest BCUT2D eigenvalue weighted by atomic mass is 9.99. The molecule has 0 unspecified atom stereocenters. The number of rotatable bonds is 5. The molecule has 4 rings (SSSR count). The molecule has 2 heterocycles. The van der Waals surface area contributed by atoms with Crippen molar-refractivity contribution in [1.82, 2.24) is 14.8 Å². The van der Waals surface area contributed by atoms with Crippen LogP contribution >= 0.6 is 23.1 Å². The van der Waals surface area contributed by atoms with Crippen molar-refractivity contribution in [2.45, 2.75) is 61.4 Å². The van der Waals surface area contributed by atoms with Crippen LogP contribution in [0.4, 0.5) is 0 Å². The molecular weight excluding hydrogens is 314 g/mol. The minimum Gasteiger partial charge on any atom is -0.303 e. The van der Waals surface area contributed by atoms with Crippen molar-refractivity contribution in [3.05, 3.63) is 28.2 Å². The summed E-state index contributed by atoms with van der Waals surface area (Å²) in [6.07, 6.45) is 7.19. The number of ketones is 1. The molecule has 4 nitrogen and oxygen atoms in total. The molecule has 116 valence electrons. The maximum Gasteiger partial charge on any atom is 0.192 e. The largest absolute Gasteiger partial charge is 0.303 e. The summed E-state index contributed by atoms with van der Waals surface area (Å²) < 4.78 is 2.30. The summed E-state index contributed by atoms with van der Waals surface area (Å²) in [6.45, 7) is 0. The zero-order valence-electron chi connectivity index (χ0n) is 12.4. The molecule has 0 N–H and O–H groups in total. The van der Waals surface area contributed by atoms with Gasteiger partial charge < -0.3 is 4.57 Å². The molecule has 2 aromatic rings. The summed E-state index contributed by atoms with van der Waals surface area (Å²) in [5.41, 5.74) is 0. The average Bonchev–Trinajstić information content (AvgIpc) is 3.08. The van der Waals surface area contributed by atoms with Crippen LogP contribution in [0, 0.1) is 0 Å². The van der Waals surface area contributed by atoms with Crippen molar-refractivity contribution < 1.29 is 4.79 Å². The van der Waals surface area contributed by atoms with Crippen molar-refractivity contribution in [2.24, 2.45) is 0 Å². The molecule has 1 atom stereocenters. The van der Waals surface area contributed by atoms with Crippen LogP contribution in [-0.2, 0) is 11.2 Å². The van der Waals surface area contributed by atoms with Crippen LogP contribution in [0.2, 0.25) is 0 Å². The Morgan fingerprint density at radius 1 is 1.27 bits per heavy atom. The van der Waals surface area contributed by atoms with Gasteiger partial charge in [0.05, 0.1) is 5.25 Å². The molecule has 0 aliphatic heterocycles. The summed E-state index contributed by atoms with van der Waals surface area (Å²) in [4.78, 5) is 13.4. The molecule has 22 heavy (non-hydrogen) atoms. The van der Waals surface area contributed by atoms with Gasteiger partial charge >= 0.3 is 0 Å². The Kier molecular flexibility index (Phi) is 4.05. The monoisotopic (exact) mass is 333 g/mol. The van der Waals surface area contributed by atoms with Crippen LogP contribution in [0.15, 0.2) is 22.7 Å². The molecule has 2 saturated carbocycles. The summed E-state index contributed by atoms with van der Waals surface area (Å²) in [5, 5.41) is 12.0. The van der Waals surface area contributed by atoms with Crippen LogP contribution in [-0.4, -0.2) is 25.8 Å². The first-order valence-corrected chi connectivity index (χ1v) is 9.73. The van der Waals surface area contributed by atoms with Gasteiger partial charge in [0.2, 0.25) is 0 Å². The smallest absolute Gasteiger partial charge is 0.192 e. The highest BCUT2D eigenvalue weighted by Crippen LogP contribution is 2.41. The van der Waals surface area contributed by atoms with Crippen molar-refractivity contribution in [3.8, 4) is 0 Å². The highest BCUT2D eigenvalue weighted by Gasteiger charge is 2.32. The molecule has 0 amide bonds. The minimum absolute atomic E-state index is 0.0880. The van der Waals surface area contributed by atoms with Gasteiger partial charge in [-0.2, -0.15) is 0 Å². The number of aromatic nitrogens is 3. The molecule has 2 fully saturated rings. The number of Topliss-reactive ketones (excluding diaryl/α,β-unsaturated/α-hetero) is 1. The molecule has 0 radical (unpaired) electrons. The van der Waals surface area contributed by atoms with Crippen molar-refractivity contribution >= 4 is 28.9 Å². The molecule has 0 saturated heterocycles. The van der Waals surface area contributed by atoms with E-state index in [9.17, 15) is 4.79 Å². The average molecular weight is 333 g/mol. The summed E-state index contributed by atoms with van der Waals surface area (Å²) in [7, 11) is 0. The Morgan fingerprint density at radius 3 is 2.91 bits per heavy atom. The number of thiophene rings is 1. The fraction of sp³-hybridized carbons (Fsp3) is 0.562. The topological polar surface area (TPSA) is 47.8 Å². The highest BCUT2D eigenvalue weighted by molar-refractivity contribution is 8.00. The highest BCUT2D eigenvalue weighted by atomic mass is 32.2. The predicted molar refractivity (Wildman–Crippen MR) is 88.5 cm³/mol. The SMILES string of the molecule is O=C1CCCC[C@H]1Sc1nnc(Cc2cccs2)n1C1CC1. The second-order valence-electron chi connectivity index (χ2n) is 6.07.